The number of rotatable bonds is 6. The van der Waals surface area contributed by atoms with Gasteiger partial charge in [0.25, 0.3) is 0 Å². The van der Waals surface area contributed by atoms with Crippen molar-refractivity contribution in [3.8, 4) is 11.6 Å². The number of anilines is 2. The first-order chi connectivity index (χ1) is 18.4. The highest BCUT2D eigenvalue weighted by molar-refractivity contribution is 6.02. The molecular weight excluding hydrogens is 492 g/mol. The number of aromatic carboxylic acids is 1. The van der Waals surface area contributed by atoms with Crippen molar-refractivity contribution in [2.24, 2.45) is 0 Å². The number of fused-ring (bicyclic) bond motifs is 2. The van der Waals surface area contributed by atoms with Gasteiger partial charge in [0, 0.05) is 37.3 Å². The van der Waals surface area contributed by atoms with Gasteiger partial charge in [-0.05, 0) is 30.3 Å². The number of phenols is 1. The average molecular weight is 515 g/mol. The summed E-state index contributed by atoms with van der Waals surface area (Å²) in [5.74, 6) is -1.39. The number of para-hydroxylation sites is 1. The summed E-state index contributed by atoms with van der Waals surface area (Å²) in [6.07, 6.45) is 1.38. The van der Waals surface area contributed by atoms with Crippen molar-refractivity contribution in [3.63, 3.8) is 0 Å². The molecule has 1 fully saturated rings. The lowest BCUT2D eigenvalue weighted by Gasteiger charge is -2.36. The number of imidazole rings is 1. The fourth-order valence-corrected chi connectivity index (χ4v) is 4.68. The summed E-state index contributed by atoms with van der Waals surface area (Å²) < 4.78 is 2.85. The summed E-state index contributed by atoms with van der Waals surface area (Å²) in [6, 6.07) is 13.9. The SMILES string of the molecule is O=C(O)Cn1cnc2c(-n3nc(C(=O)O)c4ccccc43)nc(N3CCN(c4ccc(O)cc4)CC3)nc21. The van der Waals surface area contributed by atoms with Gasteiger partial charge in [0.2, 0.25) is 5.95 Å². The molecule has 0 spiro atoms. The maximum atomic E-state index is 11.9. The molecule has 13 nitrogen and oxygen atoms in total. The molecule has 6 rings (SSSR count). The predicted molar refractivity (Wildman–Crippen MR) is 137 cm³/mol. The minimum atomic E-state index is -1.17. The molecule has 0 radical (unpaired) electrons. The van der Waals surface area contributed by atoms with Crippen molar-refractivity contribution in [3.05, 3.63) is 60.6 Å². The number of piperazine rings is 1. The van der Waals surface area contributed by atoms with E-state index in [-0.39, 0.29) is 23.8 Å². The Labute approximate surface area is 214 Å². The van der Waals surface area contributed by atoms with Gasteiger partial charge >= 0.3 is 11.9 Å². The summed E-state index contributed by atoms with van der Waals surface area (Å²) in [5.41, 5.74) is 2.01. The van der Waals surface area contributed by atoms with Crippen LogP contribution >= 0.6 is 0 Å². The largest absolute Gasteiger partial charge is 0.508 e. The number of hydrogen-bond acceptors (Lipinski definition) is 9. The first-order valence-electron chi connectivity index (χ1n) is 11.8. The average Bonchev–Trinajstić information content (AvgIpc) is 3.50. The molecule has 0 atom stereocenters. The third-order valence-electron chi connectivity index (χ3n) is 6.51. The second kappa shape index (κ2) is 9.03. The van der Waals surface area contributed by atoms with Gasteiger partial charge in [-0.3, -0.25) is 4.79 Å². The van der Waals surface area contributed by atoms with Crippen molar-refractivity contribution >= 4 is 45.6 Å². The Hall–Kier alpha value is -5.20. The van der Waals surface area contributed by atoms with Crippen LogP contribution in [0, 0.1) is 0 Å². The van der Waals surface area contributed by atoms with Crippen LogP contribution in [0.2, 0.25) is 0 Å². The molecule has 38 heavy (non-hydrogen) atoms. The molecule has 2 aromatic carbocycles. The molecule has 0 unspecified atom stereocenters. The Balaban J connectivity index is 1.44. The Morgan fingerprint density at radius 3 is 2.32 bits per heavy atom. The van der Waals surface area contributed by atoms with E-state index in [0.717, 1.165) is 5.69 Å². The topological polar surface area (TPSA) is 163 Å². The van der Waals surface area contributed by atoms with Crippen molar-refractivity contribution in [1.82, 2.24) is 29.3 Å². The first kappa shape index (κ1) is 23.2. The quantitative estimate of drug-likeness (QED) is 0.304. The number of aromatic hydroxyl groups is 1. The molecule has 3 N–H and O–H groups in total. The van der Waals surface area contributed by atoms with E-state index in [9.17, 15) is 24.9 Å². The van der Waals surface area contributed by atoms with E-state index in [1.807, 2.05) is 17.0 Å². The van der Waals surface area contributed by atoms with Crippen LogP contribution in [0.1, 0.15) is 10.5 Å². The highest BCUT2D eigenvalue weighted by Gasteiger charge is 2.25. The van der Waals surface area contributed by atoms with E-state index < -0.39 is 11.9 Å². The van der Waals surface area contributed by atoms with Crippen LogP contribution in [-0.4, -0.2) is 82.7 Å². The van der Waals surface area contributed by atoms with Gasteiger partial charge in [0.1, 0.15) is 12.3 Å². The van der Waals surface area contributed by atoms with Crippen LogP contribution in [0.25, 0.3) is 27.9 Å². The predicted octanol–water partition coefficient (Wildman–Crippen LogP) is 1.98. The molecule has 5 aromatic rings. The molecule has 1 saturated heterocycles. The molecule has 0 aliphatic carbocycles. The highest BCUT2D eigenvalue weighted by atomic mass is 16.4. The van der Waals surface area contributed by atoms with Gasteiger partial charge in [0.05, 0.1) is 11.8 Å². The number of carboxylic acids is 2. The van der Waals surface area contributed by atoms with Crippen LogP contribution in [-0.2, 0) is 11.3 Å². The number of aliphatic carboxylic acids is 1. The summed E-state index contributed by atoms with van der Waals surface area (Å²) in [6.45, 7) is 2.16. The van der Waals surface area contributed by atoms with Crippen molar-refractivity contribution in [2.75, 3.05) is 36.0 Å². The second-order valence-corrected chi connectivity index (χ2v) is 8.86. The lowest BCUT2D eigenvalue weighted by molar-refractivity contribution is -0.137. The zero-order valence-corrected chi connectivity index (χ0v) is 20.0. The van der Waals surface area contributed by atoms with Crippen molar-refractivity contribution < 1.29 is 24.9 Å². The van der Waals surface area contributed by atoms with Crippen LogP contribution in [0.15, 0.2) is 54.9 Å². The van der Waals surface area contributed by atoms with E-state index in [2.05, 4.69) is 20.0 Å². The molecule has 0 bridgehead atoms. The molecule has 1 aliphatic heterocycles. The molecule has 0 amide bonds. The van der Waals surface area contributed by atoms with Crippen LogP contribution in [0.3, 0.4) is 0 Å². The van der Waals surface area contributed by atoms with Gasteiger partial charge < -0.3 is 29.7 Å². The Kier molecular flexibility index (Phi) is 5.52. The Morgan fingerprint density at radius 1 is 0.895 bits per heavy atom. The first-order valence-corrected chi connectivity index (χ1v) is 11.8. The molecular formula is C25H22N8O5. The number of phenolic OH excluding ortho intramolecular Hbond substituents is 1. The number of nitrogens with zero attached hydrogens (tertiary/aromatic N) is 8. The second-order valence-electron chi connectivity index (χ2n) is 8.86. The van der Waals surface area contributed by atoms with Crippen molar-refractivity contribution in [1.29, 1.82) is 0 Å². The van der Waals surface area contributed by atoms with Gasteiger partial charge in [-0.25, -0.2) is 14.5 Å². The van der Waals surface area contributed by atoms with Gasteiger partial charge in [0.15, 0.2) is 22.7 Å². The summed E-state index contributed by atoms with van der Waals surface area (Å²) >= 11 is 0. The van der Waals surface area contributed by atoms with E-state index in [1.165, 1.54) is 15.6 Å². The maximum absolute atomic E-state index is 11.9. The lowest BCUT2D eigenvalue weighted by Crippen LogP contribution is -2.47. The van der Waals surface area contributed by atoms with E-state index in [0.29, 0.717) is 54.2 Å². The number of aromatic nitrogens is 6. The standard InChI is InChI=1S/C25H22N8O5/c34-16-7-5-15(6-8-16)30-9-11-31(12-10-30)25-27-22-21(26-14-32(22)13-19(35)36)23(28-25)33-18-4-2-1-3-17(18)20(29-33)24(37)38/h1-8,14,34H,9-13H2,(H,35,36)(H,37,38). The van der Waals surface area contributed by atoms with E-state index in [1.54, 1.807) is 36.4 Å². The van der Waals surface area contributed by atoms with Crippen LogP contribution in [0.5, 0.6) is 5.75 Å². The molecule has 192 valence electrons. The molecule has 3 aromatic heterocycles. The Morgan fingerprint density at radius 2 is 1.61 bits per heavy atom. The minimum Gasteiger partial charge on any atom is -0.508 e. The van der Waals surface area contributed by atoms with Crippen molar-refractivity contribution in [2.45, 2.75) is 6.54 Å². The Bertz CT molecular complexity index is 1690. The smallest absolute Gasteiger partial charge is 0.357 e. The number of benzene rings is 2. The fraction of sp³-hybridized carbons (Fsp3) is 0.200. The fourth-order valence-electron chi connectivity index (χ4n) is 4.68. The summed E-state index contributed by atoms with van der Waals surface area (Å²) in [5, 5.41) is 33.5. The normalized spacial score (nSPS) is 13.9. The van der Waals surface area contributed by atoms with Crippen LogP contribution in [0.4, 0.5) is 11.6 Å². The number of carboxylic acid groups (broad SMARTS) is 2. The third kappa shape index (κ3) is 3.99. The monoisotopic (exact) mass is 514 g/mol. The minimum absolute atomic E-state index is 0.124. The molecule has 4 heterocycles. The van der Waals surface area contributed by atoms with Gasteiger partial charge in [-0.2, -0.15) is 15.1 Å². The number of carbonyl (C=O) groups is 2. The zero-order valence-electron chi connectivity index (χ0n) is 20.0. The van der Waals surface area contributed by atoms with E-state index in [4.69, 9.17) is 4.98 Å². The zero-order chi connectivity index (χ0) is 26.4. The molecule has 1 aliphatic rings. The summed E-state index contributed by atoms with van der Waals surface area (Å²) in [4.78, 5) is 41.4. The third-order valence-corrected chi connectivity index (χ3v) is 6.51. The van der Waals surface area contributed by atoms with E-state index >= 15 is 0 Å². The highest BCUT2D eigenvalue weighted by Crippen LogP contribution is 2.28. The summed E-state index contributed by atoms with van der Waals surface area (Å²) in [7, 11) is 0. The molecule has 0 saturated carbocycles. The molecule has 13 heteroatoms. The van der Waals surface area contributed by atoms with Gasteiger partial charge in [-0.1, -0.05) is 18.2 Å². The lowest BCUT2D eigenvalue weighted by atomic mass is 10.2. The maximum Gasteiger partial charge on any atom is 0.357 e. The number of hydrogen-bond donors (Lipinski definition) is 3. The van der Waals surface area contributed by atoms with Crippen LogP contribution < -0.4 is 9.80 Å². The van der Waals surface area contributed by atoms with Gasteiger partial charge in [-0.15, -0.1) is 0 Å².